The van der Waals surface area contributed by atoms with Gasteiger partial charge in [-0.3, -0.25) is 4.79 Å². The lowest BCUT2D eigenvalue weighted by molar-refractivity contribution is 0.100. The van der Waals surface area contributed by atoms with Crippen LogP contribution in [-0.2, 0) is 0 Å². The molecule has 0 saturated carbocycles. The number of azo groups is 1. The van der Waals surface area contributed by atoms with Crippen molar-refractivity contribution in [3.8, 4) is 0 Å². The fourth-order valence-corrected chi connectivity index (χ4v) is 1.41. The Morgan fingerprint density at radius 2 is 2.23 bits per heavy atom. The Balaban J connectivity index is 2.52. The van der Waals surface area contributed by atoms with Crippen LogP contribution < -0.4 is 0 Å². The molecule has 3 heterocycles. The Morgan fingerprint density at radius 1 is 1.31 bits per heavy atom. The number of pyridine rings is 1. The van der Waals surface area contributed by atoms with Crippen LogP contribution in [0.15, 0.2) is 28.7 Å². The van der Waals surface area contributed by atoms with E-state index in [0.29, 0.717) is 11.3 Å². The average Bonchev–Trinajstić information content (AvgIpc) is 2.70. The second-order valence-electron chi connectivity index (χ2n) is 2.77. The number of fused-ring (bicyclic) bond motifs is 3. The maximum atomic E-state index is 11.1. The molecule has 0 bridgehead atoms. The molecule has 2 aromatic rings. The normalized spacial score (nSPS) is 14.0. The Kier molecular flexibility index (Phi) is 0.999. The predicted octanol–water partition coefficient (Wildman–Crippen LogP) is 1.80. The maximum Gasteiger partial charge on any atom is 0.299 e. The van der Waals surface area contributed by atoms with E-state index in [9.17, 15) is 4.79 Å². The third-order valence-corrected chi connectivity index (χ3v) is 2.03. The highest BCUT2D eigenvalue weighted by molar-refractivity contribution is 6.08. The standard InChI is InChI=1S/C8H4N4O/c13-8-5-3-10-7-4(1-2-9-7)6(5)11-12-8/h1-3H,(H,9,10). The molecule has 0 aliphatic carbocycles. The molecule has 1 amide bonds. The molecule has 0 atom stereocenters. The van der Waals surface area contributed by atoms with Crippen LogP contribution in [0.1, 0.15) is 10.4 Å². The van der Waals surface area contributed by atoms with Gasteiger partial charge in [0.1, 0.15) is 11.3 Å². The van der Waals surface area contributed by atoms with Gasteiger partial charge < -0.3 is 4.98 Å². The fraction of sp³-hybridized carbons (Fsp3) is 0. The summed E-state index contributed by atoms with van der Waals surface area (Å²) in [6, 6.07) is 1.83. The highest BCUT2D eigenvalue weighted by atomic mass is 16.2. The summed E-state index contributed by atoms with van der Waals surface area (Å²) in [6.45, 7) is 0. The van der Waals surface area contributed by atoms with Gasteiger partial charge in [-0.05, 0) is 6.07 Å². The Labute approximate surface area is 72.5 Å². The number of nitrogens with zero attached hydrogens (tertiary/aromatic N) is 3. The largest absolute Gasteiger partial charge is 0.346 e. The van der Waals surface area contributed by atoms with E-state index >= 15 is 0 Å². The van der Waals surface area contributed by atoms with Crippen molar-refractivity contribution in [3.05, 3.63) is 24.0 Å². The van der Waals surface area contributed by atoms with Crippen LogP contribution >= 0.6 is 0 Å². The molecule has 3 rings (SSSR count). The first kappa shape index (κ1) is 6.47. The number of amides is 1. The molecule has 5 heteroatoms. The smallest absolute Gasteiger partial charge is 0.299 e. The minimum absolute atomic E-state index is 0.314. The molecule has 0 spiro atoms. The lowest BCUT2D eigenvalue weighted by Gasteiger charge is -1.93. The molecule has 0 unspecified atom stereocenters. The monoisotopic (exact) mass is 172 g/mol. The molecule has 2 aromatic heterocycles. The second-order valence-corrected chi connectivity index (χ2v) is 2.77. The summed E-state index contributed by atoms with van der Waals surface area (Å²) in [7, 11) is 0. The van der Waals surface area contributed by atoms with Gasteiger partial charge >= 0.3 is 0 Å². The van der Waals surface area contributed by atoms with E-state index in [4.69, 9.17) is 0 Å². The van der Waals surface area contributed by atoms with E-state index in [2.05, 4.69) is 20.2 Å². The Hall–Kier alpha value is -2.04. The minimum atomic E-state index is -0.314. The van der Waals surface area contributed by atoms with Gasteiger partial charge in [-0.2, -0.15) is 0 Å². The van der Waals surface area contributed by atoms with Crippen molar-refractivity contribution >= 4 is 22.6 Å². The summed E-state index contributed by atoms with van der Waals surface area (Å²) in [6.07, 6.45) is 3.26. The number of carbonyl (C=O) groups is 1. The maximum absolute atomic E-state index is 11.1. The van der Waals surface area contributed by atoms with Crippen LogP contribution in [0.5, 0.6) is 0 Å². The van der Waals surface area contributed by atoms with E-state index < -0.39 is 0 Å². The lowest BCUT2D eigenvalue weighted by atomic mass is 10.2. The predicted molar refractivity (Wildman–Crippen MR) is 44.9 cm³/mol. The number of hydrogen-bond acceptors (Lipinski definition) is 3. The van der Waals surface area contributed by atoms with E-state index in [0.717, 1.165) is 11.0 Å². The van der Waals surface area contributed by atoms with Crippen LogP contribution in [0.2, 0.25) is 0 Å². The van der Waals surface area contributed by atoms with Crippen molar-refractivity contribution in [1.29, 1.82) is 0 Å². The molecule has 62 valence electrons. The van der Waals surface area contributed by atoms with E-state index in [1.807, 2.05) is 6.07 Å². The zero-order chi connectivity index (χ0) is 8.84. The third-order valence-electron chi connectivity index (χ3n) is 2.03. The highest BCUT2D eigenvalue weighted by Crippen LogP contribution is 2.32. The number of aromatic nitrogens is 2. The van der Waals surface area contributed by atoms with Crippen molar-refractivity contribution in [3.63, 3.8) is 0 Å². The van der Waals surface area contributed by atoms with Crippen LogP contribution in [0.4, 0.5) is 5.69 Å². The van der Waals surface area contributed by atoms with Gasteiger partial charge in [0.25, 0.3) is 5.91 Å². The van der Waals surface area contributed by atoms with Crippen LogP contribution in [0, 0.1) is 0 Å². The molecule has 1 aliphatic heterocycles. The van der Waals surface area contributed by atoms with Crippen molar-refractivity contribution < 1.29 is 4.79 Å². The number of H-pyrrole nitrogens is 1. The summed E-state index contributed by atoms with van der Waals surface area (Å²) < 4.78 is 0. The van der Waals surface area contributed by atoms with Crippen molar-refractivity contribution in [2.24, 2.45) is 10.2 Å². The zero-order valence-corrected chi connectivity index (χ0v) is 6.48. The molecule has 1 aliphatic rings. The first-order valence-electron chi connectivity index (χ1n) is 3.78. The average molecular weight is 172 g/mol. The van der Waals surface area contributed by atoms with E-state index in [1.54, 1.807) is 6.20 Å². The summed E-state index contributed by atoms with van der Waals surface area (Å²) in [4.78, 5) is 18.1. The number of nitrogens with one attached hydrogen (secondary N) is 1. The number of hydrogen-bond donors (Lipinski definition) is 1. The summed E-state index contributed by atoms with van der Waals surface area (Å²) >= 11 is 0. The fourth-order valence-electron chi connectivity index (χ4n) is 1.41. The quantitative estimate of drug-likeness (QED) is 0.658. The third kappa shape index (κ3) is 0.703. The first-order chi connectivity index (χ1) is 6.36. The zero-order valence-electron chi connectivity index (χ0n) is 6.48. The molecule has 13 heavy (non-hydrogen) atoms. The summed E-state index contributed by atoms with van der Waals surface area (Å²) in [5.74, 6) is -0.314. The van der Waals surface area contributed by atoms with Crippen LogP contribution in [-0.4, -0.2) is 15.9 Å². The van der Waals surface area contributed by atoms with Gasteiger partial charge in [-0.15, -0.1) is 10.2 Å². The van der Waals surface area contributed by atoms with E-state index in [-0.39, 0.29) is 5.91 Å². The summed E-state index contributed by atoms with van der Waals surface area (Å²) in [5, 5.41) is 8.10. The van der Waals surface area contributed by atoms with Gasteiger partial charge in [-0.1, -0.05) is 0 Å². The Morgan fingerprint density at radius 3 is 3.15 bits per heavy atom. The number of rotatable bonds is 0. The van der Waals surface area contributed by atoms with Gasteiger partial charge in [0, 0.05) is 17.8 Å². The van der Waals surface area contributed by atoms with Crippen molar-refractivity contribution in [2.75, 3.05) is 0 Å². The lowest BCUT2D eigenvalue weighted by Crippen LogP contribution is -1.90. The van der Waals surface area contributed by atoms with Crippen LogP contribution in [0.3, 0.4) is 0 Å². The second kappa shape index (κ2) is 2.01. The molecule has 0 radical (unpaired) electrons. The molecule has 1 N–H and O–H groups in total. The molecule has 0 aromatic carbocycles. The number of aromatic amines is 1. The minimum Gasteiger partial charge on any atom is -0.346 e. The Bertz CT molecular complexity index is 540. The van der Waals surface area contributed by atoms with Crippen molar-refractivity contribution in [2.45, 2.75) is 0 Å². The van der Waals surface area contributed by atoms with Crippen molar-refractivity contribution in [1.82, 2.24) is 9.97 Å². The van der Waals surface area contributed by atoms with E-state index in [1.165, 1.54) is 6.20 Å². The molecule has 0 saturated heterocycles. The van der Waals surface area contributed by atoms with Gasteiger partial charge in [0.15, 0.2) is 0 Å². The van der Waals surface area contributed by atoms with Gasteiger partial charge in [0.05, 0.1) is 5.56 Å². The molecular formula is C8H4N4O. The topological polar surface area (TPSA) is 70.5 Å². The first-order valence-corrected chi connectivity index (χ1v) is 3.78. The SMILES string of the molecule is O=C1N=Nc2c1cnc1[nH]ccc21. The molecular weight excluding hydrogens is 168 g/mol. The number of carbonyl (C=O) groups excluding carboxylic acids is 1. The highest BCUT2D eigenvalue weighted by Gasteiger charge is 2.20. The van der Waals surface area contributed by atoms with Gasteiger partial charge in [-0.25, -0.2) is 4.98 Å². The summed E-state index contributed by atoms with van der Waals surface area (Å²) in [5.41, 5.74) is 1.83. The van der Waals surface area contributed by atoms with Crippen LogP contribution in [0.25, 0.3) is 11.0 Å². The molecule has 5 nitrogen and oxygen atoms in total. The van der Waals surface area contributed by atoms with Gasteiger partial charge in [0.2, 0.25) is 0 Å². The molecule has 0 fully saturated rings.